The van der Waals surface area contributed by atoms with E-state index in [0.29, 0.717) is 17.0 Å². The van der Waals surface area contributed by atoms with Crippen molar-refractivity contribution in [3.8, 4) is 0 Å². The maximum Gasteiger partial charge on any atom is 0.255 e. The smallest absolute Gasteiger partial charge is 0.255 e. The lowest BCUT2D eigenvalue weighted by atomic mass is 10.2. The average Bonchev–Trinajstić information content (AvgIpc) is 3.09. The zero-order chi connectivity index (χ0) is 14.1. The maximum absolute atomic E-state index is 6.15. The minimum atomic E-state index is 0.474. The van der Waals surface area contributed by atoms with Crippen molar-refractivity contribution in [2.45, 2.75) is 32.7 Å². The van der Waals surface area contributed by atoms with Gasteiger partial charge in [0.1, 0.15) is 17.3 Å². The van der Waals surface area contributed by atoms with E-state index in [4.69, 9.17) is 11.6 Å². The van der Waals surface area contributed by atoms with Crippen LogP contribution in [-0.4, -0.2) is 50.2 Å². The highest BCUT2D eigenvalue weighted by Crippen LogP contribution is 2.22. The Kier molecular flexibility index (Phi) is 3.76. The molecule has 0 bridgehead atoms. The van der Waals surface area contributed by atoms with E-state index >= 15 is 0 Å². The molecule has 108 valence electrons. The number of rotatable bonds is 4. The highest BCUT2D eigenvalue weighted by Gasteiger charge is 2.19. The maximum atomic E-state index is 6.15. The van der Waals surface area contributed by atoms with Crippen LogP contribution in [0.3, 0.4) is 0 Å². The van der Waals surface area contributed by atoms with Crippen LogP contribution in [0.4, 0.5) is 5.82 Å². The van der Waals surface area contributed by atoms with E-state index in [1.165, 1.54) is 32.3 Å². The molecule has 0 aromatic carbocycles. The Morgan fingerprint density at radius 1 is 1.40 bits per heavy atom. The topological polar surface area (TPSA) is 58.4 Å². The molecule has 1 aliphatic heterocycles. The van der Waals surface area contributed by atoms with E-state index in [1.807, 2.05) is 6.92 Å². The summed E-state index contributed by atoms with van der Waals surface area (Å²) in [6.07, 6.45) is 4.10. The largest absolute Gasteiger partial charge is 0.368 e. The molecule has 3 heterocycles. The van der Waals surface area contributed by atoms with Gasteiger partial charge in [0, 0.05) is 18.2 Å². The van der Waals surface area contributed by atoms with Gasteiger partial charge in [-0.25, -0.2) is 0 Å². The number of hydrogen-bond acceptors (Lipinski definition) is 5. The highest BCUT2D eigenvalue weighted by atomic mass is 35.5. The molecule has 1 fully saturated rings. The van der Waals surface area contributed by atoms with Crippen LogP contribution < -0.4 is 5.32 Å². The summed E-state index contributed by atoms with van der Waals surface area (Å²) in [5.41, 5.74) is 0.901. The van der Waals surface area contributed by atoms with Crippen molar-refractivity contribution >= 4 is 23.2 Å². The van der Waals surface area contributed by atoms with Crippen LogP contribution in [0.15, 0.2) is 6.33 Å². The van der Waals surface area contributed by atoms with Crippen molar-refractivity contribution in [1.82, 2.24) is 24.5 Å². The Bertz CT molecular complexity index is 604. The number of anilines is 1. The van der Waals surface area contributed by atoms with Crippen molar-refractivity contribution in [3.05, 3.63) is 17.0 Å². The van der Waals surface area contributed by atoms with E-state index in [2.05, 4.69) is 32.2 Å². The molecule has 3 rings (SSSR count). The molecule has 0 radical (unpaired) electrons. The summed E-state index contributed by atoms with van der Waals surface area (Å²) in [5.74, 6) is 1.40. The summed E-state index contributed by atoms with van der Waals surface area (Å²) in [4.78, 5) is 10.8. The minimum absolute atomic E-state index is 0.474. The average molecular weight is 295 g/mol. The number of fused-ring (bicyclic) bond motifs is 1. The Labute approximate surface area is 123 Å². The molecule has 1 aliphatic rings. The standard InChI is InChI=1S/C13H19ClN6/c1-9(19-5-3-4-6-19)7-15-12-10(2)11(14)18-13-16-8-17-20(12)13/h8-9,15H,3-7H2,1-2H3. The van der Waals surface area contributed by atoms with Gasteiger partial charge in [-0.3, -0.25) is 4.90 Å². The van der Waals surface area contributed by atoms with E-state index in [9.17, 15) is 0 Å². The normalized spacial score (nSPS) is 17.8. The molecule has 7 heteroatoms. The first kappa shape index (κ1) is 13.6. The zero-order valence-electron chi connectivity index (χ0n) is 11.8. The summed E-state index contributed by atoms with van der Waals surface area (Å²) in [5, 5.41) is 8.13. The molecule has 0 spiro atoms. The quantitative estimate of drug-likeness (QED) is 0.874. The van der Waals surface area contributed by atoms with Gasteiger partial charge in [0.15, 0.2) is 0 Å². The number of nitrogens with zero attached hydrogens (tertiary/aromatic N) is 5. The lowest BCUT2D eigenvalue weighted by Gasteiger charge is -2.24. The first-order valence-electron chi connectivity index (χ1n) is 7.00. The molecule has 0 amide bonds. The van der Waals surface area contributed by atoms with Crippen molar-refractivity contribution < 1.29 is 0 Å². The van der Waals surface area contributed by atoms with Crippen molar-refractivity contribution in [3.63, 3.8) is 0 Å². The van der Waals surface area contributed by atoms with Gasteiger partial charge in [-0.15, -0.1) is 0 Å². The van der Waals surface area contributed by atoms with Crippen molar-refractivity contribution in [2.24, 2.45) is 0 Å². The predicted octanol–water partition coefficient (Wildman–Crippen LogP) is 1.98. The monoisotopic (exact) mass is 294 g/mol. The fraction of sp³-hybridized carbons (Fsp3) is 0.615. The molecule has 0 aliphatic carbocycles. The predicted molar refractivity (Wildman–Crippen MR) is 79.3 cm³/mol. The first-order chi connectivity index (χ1) is 9.66. The number of halogens is 1. The summed E-state index contributed by atoms with van der Waals surface area (Å²) in [6.45, 7) is 7.43. The molecule has 2 aromatic rings. The van der Waals surface area contributed by atoms with E-state index in [1.54, 1.807) is 4.52 Å². The van der Waals surface area contributed by atoms with Crippen LogP contribution in [0.25, 0.3) is 5.78 Å². The summed E-state index contributed by atoms with van der Waals surface area (Å²) in [6, 6.07) is 0.488. The Balaban J connectivity index is 1.79. The van der Waals surface area contributed by atoms with E-state index in [-0.39, 0.29) is 0 Å². The number of hydrogen-bond donors (Lipinski definition) is 1. The molecule has 1 N–H and O–H groups in total. The Morgan fingerprint density at radius 3 is 2.90 bits per heavy atom. The van der Waals surface area contributed by atoms with Gasteiger partial charge in [-0.05, 0) is 39.8 Å². The summed E-state index contributed by atoms with van der Waals surface area (Å²) in [7, 11) is 0. The third-order valence-electron chi connectivity index (χ3n) is 3.93. The van der Waals surface area contributed by atoms with E-state index < -0.39 is 0 Å². The van der Waals surface area contributed by atoms with Gasteiger partial charge >= 0.3 is 0 Å². The lowest BCUT2D eigenvalue weighted by Crippen LogP contribution is -2.36. The first-order valence-corrected chi connectivity index (χ1v) is 7.38. The molecule has 0 saturated carbocycles. The highest BCUT2D eigenvalue weighted by molar-refractivity contribution is 6.30. The Hall–Kier alpha value is -1.40. The SMILES string of the molecule is Cc1c(Cl)nc2ncnn2c1NCC(C)N1CCCC1. The third-order valence-corrected chi connectivity index (χ3v) is 4.30. The van der Waals surface area contributed by atoms with Crippen LogP contribution in [0.5, 0.6) is 0 Å². The molecule has 6 nitrogen and oxygen atoms in total. The van der Waals surface area contributed by atoms with Crippen molar-refractivity contribution in [1.29, 1.82) is 0 Å². The van der Waals surface area contributed by atoms with Crippen LogP contribution >= 0.6 is 11.6 Å². The Morgan fingerprint density at radius 2 is 2.15 bits per heavy atom. The van der Waals surface area contributed by atoms with Gasteiger partial charge in [0.2, 0.25) is 0 Å². The molecular formula is C13H19ClN6. The second-order valence-corrected chi connectivity index (χ2v) is 5.68. The second-order valence-electron chi connectivity index (χ2n) is 5.32. The summed E-state index contributed by atoms with van der Waals surface area (Å²) < 4.78 is 1.71. The summed E-state index contributed by atoms with van der Waals surface area (Å²) >= 11 is 6.15. The third kappa shape index (κ3) is 2.45. The molecule has 1 saturated heterocycles. The van der Waals surface area contributed by atoms with E-state index in [0.717, 1.165) is 17.9 Å². The second kappa shape index (κ2) is 5.54. The number of nitrogens with one attached hydrogen (secondary N) is 1. The van der Waals surface area contributed by atoms with Crippen molar-refractivity contribution in [2.75, 3.05) is 25.0 Å². The van der Waals surface area contributed by atoms with Gasteiger partial charge in [0.05, 0.1) is 0 Å². The number of likely N-dealkylation sites (tertiary alicyclic amines) is 1. The lowest BCUT2D eigenvalue weighted by molar-refractivity contribution is 0.269. The van der Waals surface area contributed by atoms with Crippen LogP contribution in [0.1, 0.15) is 25.3 Å². The van der Waals surface area contributed by atoms with Gasteiger partial charge in [-0.2, -0.15) is 19.6 Å². The van der Waals surface area contributed by atoms with Crippen LogP contribution in [0.2, 0.25) is 5.15 Å². The van der Waals surface area contributed by atoms with Crippen LogP contribution in [-0.2, 0) is 0 Å². The van der Waals surface area contributed by atoms with Crippen LogP contribution in [0, 0.1) is 6.92 Å². The minimum Gasteiger partial charge on any atom is -0.368 e. The van der Waals surface area contributed by atoms with Gasteiger partial charge in [-0.1, -0.05) is 11.6 Å². The molecule has 1 atom stereocenters. The molecule has 20 heavy (non-hydrogen) atoms. The van der Waals surface area contributed by atoms with Gasteiger partial charge in [0.25, 0.3) is 5.78 Å². The molecule has 1 unspecified atom stereocenters. The number of aromatic nitrogens is 4. The fourth-order valence-electron chi connectivity index (χ4n) is 2.66. The fourth-order valence-corrected chi connectivity index (χ4v) is 2.83. The zero-order valence-corrected chi connectivity index (χ0v) is 12.6. The molecular weight excluding hydrogens is 276 g/mol. The molecule has 2 aromatic heterocycles. The van der Waals surface area contributed by atoms with Gasteiger partial charge < -0.3 is 5.32 Å².